The number of rotatable bonds is 5. The first-order chi connectivity index (χ1) is 8.25. The van der Waals surface area contributed by atoms with E-state index in [-0.39, 0.29) is 6.10 Å². The van der Waals surface area contributed by atoms with Crippen LogP contribution in [0.5, 0.6) is 5.75 Å². The van der Waals surface area contributed by atoms with Crippen LogP contribution in [0.25, 0.3) is 10.9 Å². The standard InChI is InChI=1S/C14H17NO2/c1-11(16)4-3-9-17-13-7-6-12-5-2-8-15-14(12)10-13/h2,5-8,10-11,16H,3-4,9H2,1H3. The van der Waals surface area contributed by atoms with Crippen LogP contribution in [0.3, 0.4) is 0 Å². The van der Waals surface area contributed by atoms with Crippen molar-refractivity contribution in [3.05, 3.63) is 36.5 Å². The monoisotopic (exact) mass is 231 g/mol. The fourth-order valence-corrected chi connectivity index (χ4v) is 1.70. The maximum Gasteiger partial charge on any atom is 0.121 e. The van der Waals surface area contributed by atoms with E-state index in [1.165, 1.54) is 0 Å². The summed E-state index contributed by atoms with van der Waals surface area (Å²) in [5.74, 6) is 0.835. The zero-order valence-corrected chi connectivity index (χ0v) is 9.97. The minimum atomic E-state index is -0.253. The summed E-state index contributed by atoms with van der Waals surface area (Å²) in [6, 6.07) is 9.85. The quantitative estimate of drug-likeness (QED) is 0.804. The molecule has 0 amide bonds. The van der Waals surface area contributed by atoms with Gasteiger partial charge in [-0.05, 0) is 38.0 Å². The molecule has 1 heterocycles. The molecular formula is C14H17NO2. The van der Waals surface area contributed by atoms with Gasteiger partial charge in [0.05, 0.1) is 18.2 Å². The lowest BCUT2D eigenvalue weighted by Gasteiger charge is -2.07. The smallest absolute Gasteiger partial charge is 0.121 e. The Labute approximate surface area is 101 Å². The van der Waals surface area contributed by atoms with Crippen molar-refractivity contribution in [2.45, 2.75) is 25.9 Å². The van der Waals surface area contributed by atoms with Gasteiger partial charge in [0, 0.05) is 17.6 Å². The fourth-order valence-electron chi connectivity index (χ4n) is 1.70. The minimum Gasteiger partial charge on any atom is -0.494 e. The molecule has 3 nitrogen and oxygen atoms in total. The van der Waals surface area contributed by atoms with Crippen LogP contribution in [0, 0.1) is 0 Å². The van der Waals surface area contributed by atoms with Gasteiger partial charge in [0.15, 0.2) is 0 Å². The molecular weight excluding hydrogens is 214 g/mol. The lowest BCUT2D eigenvalue weighted by Crippen LogP contribution is -2.04. The number of hydrogen-bond acceptors (Lipinski definition) is 3. The summed E-state index contributed by atoms with van der Waals surface area (Å²) in [6.07, 6.45) is 3.15. The first-order valence-electron chi connectivity index (χ1n) is 5.91. The van der Waals surface area contributed by atoms with Gasteiger partial charge in [-0.1, -0.05) is 6.07 Å². The van der Waals surface area contributed by atoms with Crippen molar-refractivity contribution >= 4 is 10.9 Å². The number of nitrogens with zero attached hydrogens (tertiary/aromatic N) is 1. The summed E-state index contributed by atoms with van der Waals surface area (Å²) in [4.78, 5) is 4.28. The molecule has 1 atom stereocenters. The average Bonchev–Trinajstić information content (AvgIpc) is 2.34. The predicted molar refractivity (Wildman–Crippen MR) is 68.2 cm³/mol. The third kappa shape index (κ3) is 3.43. The number of pyridine rings is 1. The molecule has 0 bridgehead atoms. The Hall–Kier alpha value is -1.61. The maximum absolute atomic E-state index is 9.13. The summed E-state index contributed by atoms with van der Waals surface area (Å²) in [5.41, 5.74) is 0.945. The number of aliphatic hydroxyl groups is 1. The van der Waals surface area contributed by atoms with Crippen LogP contribution in [-0.4, -0.2) is 22.8 Å². The molecule has 0 saturated heterocycles. The van der Waals surface area contributed by atoms with Crippen molar-refractivity contribution in [3.8, 4) is 5.75 Å². The number of ether oxygens (including phenoxy) is 1. The fraction of sp³-hybridized carbons (Fsp3) is 0.357. The molecule has 0 aliphatic heterocycles. The zero-order chi connectivity index (χ0) is 12.1. The number of aromatic nitrogens is 1. The van der Waals surface area contributed by atoms with Crippen LogP contribution in [0.4, 0.5) is 0 Å². The Balaban J connectivity index is 1.95. The van der Waals surface area contributed by atoms with Crippen molar-refractivity contribution in [3.63, 3.8) is 0 Å². The SMILES string of the molecule is CC(O)CCCOc1ccc2cccnc2c1. The van der Waals surface area contributed by atoms with Crippen LogP contribution in [-0.2, 0) is 0 Å². The van der Waals surface area contributed by atoms with E-state index in [2.05, 4.69) is 4.98 Å². The molecule has 90 valence electrons. The van der Waals surface area contributed by atoms with Gasteiger partial charge in [0.2, 0.25) is 0 Å². The number of benzene rings is 1. The number of aliphatic hydroxyl groups excluding tert-OH is 1. The van der Waals surface area contributed by atoms with Gasteiger partial charge in [-0.15, -0.1) is 0 Å². The van der Waals surface area contributed by atoms with Crippen molar-refractivity contribution < 1.29 is 9.84 Å². The molecule has 0 aliphatic carbocycles. The highest BCUT2D eigenvalue weighted by atomic mass is 16.5. The van der Waals surface area contributed by atoms with Gasteiger partial charge in [-0.2, -0.15) is 0 Å². The molecule has 1 N–H and O–H groups in total. The number of hydrogen-bond donors (Lipinski definition) is 1. The Morgan fingerprint density at radius 3 is 3.06 bits per heavy atom. The molecule has 1 aromatic heterocycles. The van der Waals surface area contributed by atoms with Gasteiger partial charge >= 0.3 is 0 Å². The normalized spacial score (nSPS) is 12.6. The second-order valence-electron chi connectivity index (χ2n) is 4.20. The average molecular weight is 231 g/mol. The molecule has 2 aromatic rings. The third-order valence-corrected chi connectivity index (χ3v) is 2.61. The second kappa shape index (κ2) is 5.64. The van der Waals surface area contributed by atoms with E-state index in [4.69, 9.17) is 9.84 Å². The summed E-state index contributed by atoms with van der Waals surface area (Å²) >= 11 is 0. The molecule has 2 rings (SSSR count). The van der Waals surface area contributed by atoms with E-state index in [0.717, 1.165) is 29.5 Å². The maximum atomic E-state index is 9.13. The van der Waals surface area contributed by atoms with Gasteiger partial charge < -0.3 is 9.84 Å². The summed E-state index contributed by atoms with van der Waals surface area (Å²) < 4.78 is 5.61. The topological polar surface area (TPSA) is 42.4 Å². The lowest BCUT2D eigenvalue weighted by atomic mass is 10.2. The predicted octanol–water partition coefficient (Wildman–Crippen LogP) is 2.77. The highest BCUT2D eigenvalue weighted by molar-refractivity contribution is 5.79. The van der Waals surface area contributed by atoms with Crippen molar-refractivity contribution in [1.29, 1.82) is 0 Å². The lowest BCUT2D eigenvalue weighted by molar-refractivity contribution is 0.170. The molecule has 1 unspecified atom stereocenters. The summed E-state index contributed by atoms with van der Waals surface area (Å²) in [7, 11) is 0. The van der Waals surface area contributed by atoms with Crippen LogP contribution in [0.2, 0.25) is 0 Å². The van der Waals surface area contributed by atoms with Gasteiger partial charge in [0.1, 0.15) is 5.75 Å². The Kier molecular flexibility index (Phi) is 3.94. The Morgan fingerprint density at radius 2 is 2.24 bits per heavy atom. The molecule has 0 fully saturated rings. The first-order valence-corrected chi connectivity index (χ1v) is 5.91. The van der Waals surface area contributed by atoms with Gasteiger partial charge in [0.25, 0.3) is 0 Å². The highest BCUT2D eigenvalue weighted by Gasteiger charge is 1.99. The first kappa shape index (κ1) is 11.9. The molecule has 0 radical (unpaired) electrons. The second-order valence-corrected chi connectivity index (χ2v) is 4.20. The number of fused-ring (bicyclic) bond motifs is 1. The molecule has 17 heavy (non-hydrogen) atoms. The van der Waals surface area contributed by atoms with Crippen molar-refractivity contribution in [2.24, 2.45) is 0 Å². The van der Waals surface area contributed by atoms with E-state index < -0.39 is 0 Å². The van der Waals surface area contributed by atoms with Gasteiger partial charge in [-0.25, -0.2) is 0 Å². The summed E-state index contributed by atoms with van der Waals surface area (Å²) in [6.45, 7) is 2.42. The Bertz CT molecular complexity index is 482. The molecule has 0 spiro atoms. The van der Waals surface area contributed by atoms with Crippen molar-refractivity contribution in [2.75, 3.05) is 6.61 Å². The molecule has 0 saturated carbocycles. The van der Waals surface area contributed by atoms with E-state index >= 15 is 0 Å². The highest BCUT2D eigenvalue weighted by Crippen LogP contribution is 2.18. The van der Waals surface area contributed by atoms with Crippen LogP contribution < -0.4 is 4.74 Å². The largest absolute Gasteiger partial charge is 0.494 e. The van der Waals surface area contributed by atoms with E-state index in [1.807, 2.05) is 30.3 Å². The molecule has 1 aromatic carbocycles. The zero-order valence-electron chi connectivity index (χ0n) is 9.97. The third-order valence-electron chi connectivity index (χ3n) is 2.61. The molecule has 0 aliphatic rings. The van der Waals surface area contributed by atoms with Crippen LogP contribution in [0.1, 0.15) is 19.8 Å². The van der Waals surface area contributed by atoms with Crippen molar-refractivity contribution in [1.82, 2.24) is 4.98 Å². The Morgan fingerprint density at radius 1 is 1.35 bits per heavy atom. The summed E-state index contributed by atoms with van der Waals surface area (Å²) in [5, 5.41) is 10.2. The van der Waals surface area contributed by atoms with E-state index in [0.29, 0.717) is 6.61 Å². The van der Waals surface area contributed by atoms with Crippen LogP contribution >= 0.6 is 0 Å². The van der Waals surface area contributed by atoms with E-state index in [9.17, 15) is 0 Å². The van der Waals surface area contributed by atoms with Gasteiger partial charge in [-0.3, -0.25) is 4.98 Å². The molecule has 3 heteroatoms. The minimum absolute atomic E-state index is 0.253. The van der Waals surface area contributed by atoms with E-state index in [1.54, 1.807) is 13.1 Å². The van der Waals surface area contributed by atoms with Crippen LogP contribution in [0.15, 0.2) is 36.5 Å².